The minimum atomic E-state index is -0.424. The Bertz CT molecular complexity index is 378. The van der Waals surface area contributed by atoms with Crippen molar-refractivity contribution in [2.75, 3.05) is 0 Å². The fourth-order valence-electron chi connectivity index (χ4n) is 2.68. The maximum atomic E-state index is 11.1. The van der Waals surface area contributed by atoms with Gasteiger partial charge in [0.2, 0.25) is 6.04 Å². The Hall–Kier alpha value is -1.38. The molecule has 0 aliphatic rings. The minimum absolute atomic E-state index is 0.103. The van der Waals surface area contributed by atoms with Gasteiger partial charge in [0.25, 0.3) is 0 Å². The van der Waals surface area contributed by atoms with Crippen molar-refractivity contribution in [1.82, 2.24) is 0 Å². The van der Waals surface area contributed by atoms with Crippen LogP contribution >= 0.6 is 0 Å². The molecule has 0 N–H and O–H groups in total. The van der Waals surface area contributed by atoms with Crippen LogP contribution in [0.3, 0.4) is 0 Å². The molecule has 3 heteroatoms. The highest BCUT2D eigenvalue weighted by Gasteiger charge is 2.19. The van der Waals surface area contributed by atoms with Crippen molar-refractivity contribution in [3.05, 3.63) is 46.0 Å². The van der Waals surface area contributed by atoms with Crippen LogP contribution in [0.1, 0.15) is 70.3 Å². The lowest BCUT2D eigenvalue weighted by molar-refractivity contribution is -0.523. The molecule has 0 aromatic heterocycles. The first-order chi connectivity index (χ1) is 10.2. The molecule has 1 rings (SSSR count). The second-order valence-electron chi connectivity index (χ2n) is 5.89. The van der Waals surface area contributed by atoms with Crippen molar-refractivity contribution < 1.29 is 4.92 Å². The fraction of sp³-hybridized carbons (Fsp3) is 0.667. The molecule has 1 unspecified atom stereocenters. The van der Waals surface area contributed by atoms with Crippen LogP contribution in [0.5, 0.6) is 0 Å². The Balaban J connectivity index is 2.16. The second-order valence-corrected chi connectivity index (χ2v) is 5.89. The van der Waals surface area contributed by atoms with Gasteiger partial charge < -0.3 is 0 Å². The SMILES string of the molecule is CCCCCCCCCCC(Cc1ccccc1)[N+](=O)[O-]. The van der Waals surface area contributed by atoms with E-state index in [9.17, 15) is 10.1 Å². The molecule has 1 atom stereocenters. The van der Waals surface area contributed by atoms with Gasteiger partial charge in [-0.15, -0.1) is 0 Å². The molecule has 0 heterocycles. The molecule has 0 saturated heterocycles. The molecule has 0 amide bonds. The molecule has 1 aromatic rings. The summed E-state index contributed by atoms with van der Waals surface area (Å²) in [7, 11) is 0. The van der Waals surface area contributed by atoms with Crippen LogP contribution in [-0.4, -0.2) is 11.0 Å². The smallest absolute Gasteiger partial charge is 0.217 e. The van der Waals surface area contributed by atoms with Gasteiger partial charge in [-0.1, -0.05) is 82.2 Å². The maximum absolute atomic E-state index is 11.1. The largest absolute Gasteiger partial charge is 0.264 e. The van der Waals surface area contributed by atoms with Crippen LogP contribution in [0.25, 0.3) is 0 Å². The van der Waals surface area contributed by atoms with Gasteiger partial charge in [0.05, 0.1) is 0 Å². The van der Waals surface area contributed by atoms with Crippen LogP contribution in [0.4, 0.5) is 0 Å². The van der Waals surface area contributed by atoms with Gasteiger partial charge in [-0.2, -0.15) is 0 Å². The summed E-state index contributed by atoms with van der Waals surface area (Å²) < 4.78 is 0. The van der Waals surface area contributed by atoms with Gasteiger partial charge in [-0.25, -0.2) is 0 Å². The summed E-state index contributed by atoms with van der Waals surface area (Å²) in [5.41, 5.74) is 1.07. The van der Waals surface area contributed by atoms with Crippen LogP contribution in [0.2, 0.25) is 0 Å². The third-order valence-electron chi connectivity index (χ3n) is 4.00. The summed E-state index contributed by atoms with van der Waals surface area (Å²) >= 11 is 0. The highest BCUT2D eigenvalue weighted by molar-refractivity contribution is 5.15. The third-order valence-corrected chi connectivity index (χ3v) is 4.00. The van der Waals surface area contributed by atoms with Crippen molar-refractivity contribution in [2.24, 2.45) is 0 Å². The zero-order valence-corrected chi connectivity index (χ0v) is 13.3. The number of nitrogens with zero attached hydrogens (tertiary/aromatic N) is 1. The van der Waals surface area contributed by atoms with Gasteiger partial charge >= 0.3 is 0 Å². The van der Waals surface area contributed by atoms with E-state index in [4.69, 9.17) is 0 Å². The first-order valence-corrected chi connectivity index (χ1v) is 8.41. The van der Waals surface area contributed by atoms with Gasteiger partial charge in [0, 0.05) is 17.8 Å². The predicted octanol–water partition coefficient (Wildman–Crippen LogP) is 5.41. The van der Waals surface area contributed by atoms with E-state index in [2.05, 4.69) is 6.92 Å². The summed E-state index contributed by atoms with van der Waals surface area (Å²) in [6.07, 6.45) is 11.1. The van der Waals surface area contributed by atoms with Crippen molar-refractivity contribution >= 4 is 0 Å². The first-order valence-electron chi connectivity index (χ1n) is 8.41. The highest BCUT2D eigenvalue weighted by atomic mass is 16.6. The highest BCUT2D eigenvalue weighted by Crippen LogP contribution is 2.14. The molecule has 0 spiro atoms. The van der Waals surface area contributed by atoms with E-state index < -0.39 is 6.04 Å². The van der Waals surface area contributed by atoms with Gasteiger partial charge in [-0.3, -0.25) is 10.1 Å². The summed E-state index contributed by atoms with van der Waals surface area (Å²) in [6.45, 7) is 2.23. The van der Waals surface area contributed by atoms with Crippen molar-refractivity contribution in [1.29, 1.82) is 0 Å². The number of rotatable bonds is 12. The van der Waals surface area contributed by atoms with E-state index in [1.54, 1.807) is 0 Å². The lowest BCUT2D eigenvalue weighted by Gasteiger charge is -2.09. The Labute approximate surface area is 128 Å². The molecule has 1 aromatic carbocycles. The van der Waals surface area contributed by atoms with E-state index in [1.807, 2.05) is 30.3 Å². The molecular formula is C18H29NO2. The van der Waals surface area contributed by atoms with E-state index >= 15 is 0 Å². The quantitative estimate of drug-likeness (QED) is 0.294. The van der Waals surface area contributed by atoms with Gasteiger partial charge in [0.15, 0.2) is 0 Å². The Morgan fingerprint density at radius 2 is 1.52 bits per heavy atom. The Morgan fingerprint density at radius 3 is 2.10 bits per heavy atom. The zero-order chi connectivity index (χ0) is 15.3. The van der Waals surface area contributed by atoms with Crippen molar-refractivity contribution in [3.63, 3.8) is 0 Å². The van der Waals surface area contributed by atoms with Crippen molar-refractivity contribution in [2.45, 2.75) is 77.2 Å². The summed E-state index contributed by atoms with van der Waals surface area (Å²) in [5, 5.41) is 11.1. The lowest BCUT2D eigenvalue weighted by Crippen LogP contribution is -2.22. The first kappa shape index (κ1) is 17.7. The van der Waals surface area contributed by atoms with E-state index in [0.29, 0.717) is 12.8 Å². The average molecular weight is 291 g/mol. The van der Waals surface area contributed by atoms with Crippen LogP contribution in [0.15, 0.2) is 30.3 Å². The number of hydrogen-bond donors (Lipinski definition) is 0. The zero-order valence-electron chi connectivity index (χ0n) is 13.3. The van der Waals surface area contributed by atoms with Crippen LogP contribution in [-0.2, 0) is 6.42 Å². The monoisotopic (exact) mass is 291 g/mol. The second kappa shape index (κ2) is 11.3. The Kier molecular flexibility index (Phi) is 9.51. The number of nitro groups is 1. The summed E-state index contributed by atoms with van der Waals surface area (Å²) in [6, 6.07) is 9.37. The summed E-state index contributed by atoms with van der Waals surface area (Å²) in [5.74, 6) is 0. The molecule has 118 valence electrons. The van der Waals surface area contributed by atoms with Crippen LogP contribution in [0, 0.1) is 10.1 Å². The van der Waals surface area contributed by atoms with Crippen LogP contribution < -0.4 is 0 Å². The minimum Gasteiger partial charge on any atom is -0.264 e. The molecule has 0 radical (unpaired) electrons. The molecule has 3 nitrogen and oxygen atoms in total. The lowest BCUT2D eigenvalue weighted by atomic mass is 10.00. The Morgan fingerprint density at radius 1 is 0.952 bits per heavy atom. The molecule has 0 saturated carbocycles. The fourth-order valence-corrected chi connectivity index (χ4v) is 2.68. The number of hydrogen-bond acceptors (Lipinski definition) is 2. The van der Waals surface area contributed by atoms with E-state index in [1.165, 1.54) is 38.5 Å². The number of benzene rings is 1. The average Bonchev–Trinajstić information content (AvgIpc) is 2.49. The maximum Gasteiger partial charge on any atom is 0.217 e. The molecule has 0 fully saturated rings. The topological polar surface area (TPSA) is 43.1 Å². The van der Waals surface area contributed by atoms with Crippen molar-refractivity contribution in [3.8, 4) is 0 Å². The summed E-state index contributed by atoms with van der Waals surface area (Å²) in [4.78, 5) is 11.0. The molecule has 0 aliphatic carbocycles. The van der Waals surface area contributed by atoms with Gasteiger partial charge in [-0.05, 0) is 12.0 Å². The number of unbranched alkanes of at least 4 members (excludes halogenated alkanes) is 7. The molecule has 0 bridgehead atoms. The molecule has 0 aliphatic heterocycles. The van der Waals surface area contributed by atoms with Gasteiger partial charge in [0.1, 0.15) is 0 Å². The standard InChI is InChI=1S/C18H29NO2/c1-2-3-4-5-6-7-8-12-15-18(19(20)21)16-17-13-10-9-11-14-17/h9-11,13-14,18H,2-8,12,15-16H2,1H3. The third kappa shape index (κ3) is 8.49. The normalized spacial score (nSPS) is 12.2. The molecular weight excluding hydrogens is 262 g/mol. The predicted molar refractivity (Wildman–Crippen MR) is 88.2 cm³/mol. The van der Waals surface area contributed by atoms with E-state index in [0.717, 1.165) is 18.4 Å². The van der Waals surface area contributed by atoms with E-state index in [-0.39, 0.29) is 4.92 Å². The molecule has 21 heavy (non-hydrogen) atoms.